The van der Waals surface area contributed by atoms with Gasteiger partial charge in [-0.05, 0) is 44.7 Å². The Kier molecular flexibility index (Phi) is 7.25. The van der Waals surface area contributed by atoms with Crippen LogP contribution >= 0.6 is 0 Å². The average molecular weight is 534 g/mol. The predicted molar refractivity (Wildman–Crippen MR) is 127 cm³/mol. The Balaban J connectivity index is 1.52. The van der Waals surface area contributed by atoms with Gasteiger partial charge < -0.3 is 26.4 Å². The number of amides is 2. The topological polar surface area (TPSA) is 186 Å². The number of carbonyl (C=O) groups is 2. The third kappa shape index (κ3) is 6.01. The Morgan fingerprint density at radius 1 is 1.24 bits per heavy atom. The molecule has 1 saturated carbocycles. The summed E-state index contributed by atoms with van der Waals surface area (Å²) in [4.78, 5) is 42.5. The molecule has 2 aliphatic rings. The number of pyridine rings is 1. The molecule has 12 nitrogen and oxygen atoms in total. The summed E-state index contributed by atoms with van der Waals surface area (Å²) in [7, 11) is 0. The number of aromatic nitrogens is 4. The molecule has 4 rings (SSSR count). The molecule has 0 spiro atoms. The summed E-state index contributed by atoms with van der Waals surface area (Å²) in [6.07, 6.45) is -2.23. The van der Waals surface area contributed by atoms with Gasteiger partial charge in [0.05, 0.1) is 17.2 Å². The molecule has 2 fully saturated rings. The van der Waals surface area contributed by atoms with Crippen LogP contribution in [0.2, 0.25) is 0 Å². The van der Waals surface area contributed by atoms with E-state index in [1.165, 1.54) is 0 Å². The molecule has 3 heterocycles. The summed E-state index contributed by atoms with van der Waals surface area (Å²) in [5, 5.41) is 11.1. The number of nitrogen functional groups attached to an aromatic ring is 1. The van der Waals surface area contributed by atoms with Crippen molar-refractivity contribution in [3.8, 4) is 12.1 Å². The van der Waals surface area contributed by atoms with E-state index in [4.69, 9.17) is 16.2 Å². The highest BCUT2D eigenvalue weighted by Crippen LogP contribution is 2.44. The van der Waals surface area contributed by atoms with Gasteiger partial charge in [0.1, 0.15) is 12.6 Å². The number of nitrogens with two attached hydrogens (primary N) is 2. The Morgan fingerprint density at radius 3 is 2.50 bits per heavy atom. The highest BCUT2D eigenvalue weighted by molar-refractivity contribution is 5.95. The third-order valence-electron chi connectivity index (χ3n) is 6.59. The van der Waals surface area contributed by atoms with Gasteiger partial charge in [0.15, 0.2) is 5.69 Å². The number of nitrogens with one attached hydrogen (secondary N) is 1. The molecule has 0 bridgehead atoms. The molecule has 1 aliphatic heterocycles. The maximum absolute atomic E-state index is 13.0. The Hall–Kier alpha value is -4.22. The van der Waals surface area contributed by atoms with Gasteiger partial charge in [0.2, 0.25) is 11.8 Å². The number of primary amides is 1. The summed E-state index contributed by atoms with van der Waals surface area (Å²) in [6.45, 7) is 1.61. The molecule has 38 heavy (non-hydrogen) atoms. The van der Waals surface area contributed by atoms with Gasteiger partial charge in [-0.2, -0.15) is 33.4 Å². The molecule has 1 aliphatic carbocycles. The molecule has 2 amide bonds. The van der Waals surface area contributed by atoms with Gasteiger partial charge in [-0.1, -0.05) is 0 Å². The lowest BCUT2D eigenvalue weighted by molar-refractivity contribution is -0.149. The highest BCUT2D eigenvalue weighted by Gasteiger charge is 2.44. The van der Waals surface area contributed by atoms with Gasteiger partial charge in [0, 0.05) is 24.7 Å². The second-order valence-electron chi connectivity index (χ2n) is 9.46. The third-order valence-corrected chi connectivity index (χ3v) is 6.59. The molecule has 1 atom stereocenters. The number of hydrogen-bond acceptors (Lipinski definition) is 10. The molecule has 0 unspecified atom stereocenters. The van der Waals surface area contributed by atoms with Crippen LogP contribution in [-0.4, -0.2) is 63.7 Å². The highest BCUT2D eigenvalue weighted by atomic mass is 19.4. The predicted octanol–water partition coefficient (Wildman–Crippen LogP) is 1.69. The zero-order valence-electron chi connectivity index (χ0n) is 20.5. The first-order chi connectivity index (χ1) is 17.9. The minimum Gasteiger partial charge on any atom is -0.462 e. The summed E-state index contributed by atoms with van der Waals surface area (Å²) in [5.41, 5.74) is 11.3. The molecule has 0 aromatic carbocycles. The molecule has 15 heteroatoms. The maximum atomic E-state index is 13.0. The van der Waals surface area contributed by atoms with Crippen LogP contribution in [0.25, 0.3) is 0 Å². The Morgan fingerprint density at radius 2 is 1.92 bits per heavy atom. The molecule has 0 radical (unpaired) electrons. The van der Waals surface area contributed by atoms with Crippen molar-refractivity contribution >= 4 is 23.5 Å². The lowest BCUT2D eigenvalue weighted by Crippen LogP contribution is -2.44. The first-order valence-electron chi connectivity index (χ1n) is 11.9. The molecular weight excluding hydrogens is 507 g/mol. The Bertz CT molecular complexity index is 1270. The van der Waals surface area contributed by atoms with Gasteiger partial charge in [0.25, 0.3) is 11.8 Å². The molecule has 202 valence electrons. The number of piperidine rings is 1. The van der Waals surface area contributed by atoms with E-state index in [0.29, 0.717) is 44.5 Å². The van der Waals surface area contributed by atoms with Crippen LogP contribution in [0.4, 0.5) is 24.8 Å². The van der Waals surface area contributed by atoms with Crippen molar-refractivity contribution in [2.24, 2.45) is 11.1 Å². The molecule has 2 aromatic heterocycles. The van der Waals surface area contributed by atoms with Crippen LogP contribution in [-0.2, 0) is 0 Å². The van der Waals surface area contributed by atoms with Crippen LogP contribution in [0.3, 0.4) is 0 Å². The molecule has 2 aromatic rings. The number of nitrogens with zero attached hydrogens (tertiary/aromatic N) is 6. The number of carbonyl (C=O) groups excluding carboxylic acids is 2. The second kappa shape index (κ2) is 10.3. The van der Waals surface area contributed by atoms with Crippen molar-refractivity contribution in [2.45, 2.75) is 50.7 Å². The number of rotatable bonds is 8. The number of ether oxygens (including phenoxy) is 1. The largest absolute Gasteiger partial charge is 0.462 e. The molecule has 5 N–H and O–H groups in total. The number of alkyl halides is 3. The van der Waals surface area contributed by atoms with E-state index in [0.717, 1.165) is 6.92 Å². The summed E-state index contributed by atoms with van der Waals surface area (Å²) in [5.74, 6) is -2.36. The number of nitriles is 1. The van der Waals surface area contributed by atoms with Crippen LogP contribution < -0.4 is 26.4 Å². The monoisotopic (exact) mass is 533 g/mol. The van der Waals surface area contributed by atoms with Crippen LogP contribution in [0.15, 0.2) is 12.1 Å². The van der Waals surface area contributed by atoms with E-state index in [1.54, 1.807) is 17.0 Å². The van der Waals surface area contributed by atoms with E-state index in [-0.39, 0.29) is 35.9 Å². The van der Waals surface area contributed by atoms with Crippen molar-refractivity contribution in [1.29, 1.82) is 5.26 Å². The van der Waals surface area contributed by atoms with E-state index >= 15 is 0 Å². The van der Waals surface area contributed by atoms with Gasteiger partial charge >= 0.3 is 12.2 Å². The molecular formula is C23H26F3N9O3. The Labute approximate surface area is 215 Å². The second-order valence-corrected chi connectivity index (χ2v) is 9.46. The van der Waals surface area contributed by atoms with Crippen LogP contribution in [0, 0.1) is 16.7 Å². The summed E-state index contributed by atoms with van der Waals surface area (Å²) < 4.78 is 44.5. The number of hydrogen-bond donors (Lipinski definition) is 3. The smallest absolute Gasteiger partial charge is 0.408 e. The minimum absolute atomic E-state index is 0.00118. The lowest BCUT2D eigenvalue weighted by atomic mass is 9.93. The summed E-state index contributed by atoms with van der Waals surface area (Å²) >= 11 is 0. The van der Waals surface area contributed by atoms with Crippen molar-refractivity contribution in [2.75, 3.05) is 30.3 Å². The first kappa shape index (κ1) is 26.8. The number of halogens is 3. The number of anilines is 2. The standard InChI is InChI=1S/C23H26F3N9O3/c1-12(23(24,25)26)30-19(37)18-32-20(34-21(33-18)38-11-22(10-27)6-7-22)35-8-4-13(5-9-35)15-3-2-14(28)16(31-15)17(29)36/h2-3,12-13H,4-9,11,28H2,1H3,(H2,29,36)(H,30,37)/t12-/m0/s1. The fraction of sp³-hybridized carbons (Fsp3) is 0.522. The van der Waals surface area contributed by atoms with Crippen molar-refractivity contribution in [3.05, 3.63) is 29.3 Å². The summed E-state index contributed by atoms with van der Waals surface area (Å²) in [6, 6.07) is 3.08. The normalized spacial score (nSPS) is 17.8. The van der Waals surface area contributed by atoms with Crippen molar-refractivity contribution < 1.29 is 27.5 Å². The average Bonchev–Trinajstić information content (AvgIpc) is 3.67. The lowest BCUT2D eigenvalue weighted by Gasteiger charge is -2.32. The van der Waals surface area contributed by atoms with Gasteiger partial charge in [-0.3, -0.25) is 9.59 Å². The van der Waals surface area contributed by atoms with Crippen LogP contribution in [0.1, 0.15) is 65.3 Å². The maximum Gasteiger partial charge on any atom is 0.408 e. The minimum atomic E-state index is -4.65. The zero-order chi connectivity index (χ0) is 27.7. The van der Waals surface area contributed by atoms with Gasteiger partial charge in [-0.15, -0.1) is 0 Å². The SMILES string of the molecule is C[C@H](NC(=O)c1nc(OCC2(C#N)CC2)nc(N2CCC(c3ccc(N)c(C(N)=O)n3)CC2)n1)C(F)(F)F. The van der Waals surface area contributed by atoms with E-state index < -0.39 is 35.3 Å². The zero-order valence-corrected chi connectivity index (χ0v) is 20.5. The first-order valence-corrected chi connectivity index (χ1v) is 11.9. The van der Waals surface area contributed by atoms with Crippen LogP contribution in [0.5, 0.6) is 6.01 Å². The van der Waals surface area contributed by atoms with E-state index in [1.807, 2.05) is 5.32 Å². The van der Waals surface area contributed by atoms with Crippen molar-refractivity contribution in [3.63, 3.8) is 0 Å². The van der Waals surface area contributed by atoms with E-state index in [9.17, 15) is 28.0 Å². The fourth-order valence-electron chi connectivity index (χ4n) is 3.92. The molecule has 1 saturated heterocycles. The van der Waals surface area contributed by atoms with Crippen molar-refractivity contribution in [1.82, 2.24) is 25.3 Å². The van der Waals surface area contributed by atoms with Gasteiger partial charge in [-0.25, -0.2) is 4.98 Å². The fourth-order valence-corrected chi connectivity index (χ4v) is 3.92. The quantitative estimate of drug-likeness (QED) is 0.451. The van der Waals surface area contributed by atoms with E-state index in [2.05, 4.69) is 26.0 Å².